The van der Waals surface area contributed by atoms with E-state index in [9.17, 15) is 4.79 Å². The van der Waals surface area contributed by atoms with Crippen LogP contribution in [0.15, 0.2) is 66.7 Å². The summed E-state index contributed by atoms with van der Waals surface area (Å²) in [4.78, 5) is 18.9. The van der Waals surface area contributed by atoms with E-state index in [0.717, 1.165) is 37.5 Å². The van der Waals surface area contributed by atoms with E-state index >= 15 is 0 Å². The number of carboxylic acid groups (broad SMARTS) is 1. The zero-order chi connectivity index (χ0) is 21.1. The molecule has 2 aromatic rings. The summed E-state index contributed by atoms with van der Waals surface area (Å²) in [6.45, 7) is 0.704. The number of rotatable bonds is 6. The fourth-order valence-corrected chi connectivity index (χ4v) is 4.48. The first-order valence-electron chi connectivity index (χ1n) is 9.90. The third kappa shape index (κ3) is 5.21. The molecule has 0 spiro atoms. The number of fused-ring (bicyclic) bond motifs is 2. The number of aromatic nitrogens is 1. The van der Waals surface area contributed by atoms with Gasteiger partial charge < -0.3 is 22.4 Å². The van der Waals surface area contributed by atoms with E-state index in [4.69, 9.17) is 10.1 Å². The average Bonchev–Trinajstić information content (AvgIpc) is 2.76. The Morgan fingerprint density at radius 3 is 2.58 bits per heavy atom. The number of hydrogen-bond donors (Lipinski definition) is 1. The summed E-state index contributed by atoms with van der Waals surface area (Å²) in [5.74, 6) is -0.754. The molecule has 4 rings (SSSR count). The molecule has 0 atom stereocenters. The Kier molecular flexibility index (Phi) is 7.25. The van der Waals surface area contributed by atoms with Crippen molar-refractivity contribution in [3.8, 4) is 10.6 Å². The van der Waals surface area contributed by atoms with E-state index in [2.05, 4.69) is 52.9 Å². The molecule has 1 aliphatic carbocycles. The van der Waals surface area contributed by atoms with E-state index in [1.165, 1.54) is 0 Å². The SMILES string of the molecule is CN(c1ccccc1)c1ccc2nc3ccc(=[N+](C)CCCC(=O)O)cc-3sc2c1.[Cl-]. The van der Waals surface area contributed by atoms with Crippen LogP contribution in [0.5, 0.6) is 0 Å². The summed E-state index contributed by atoms with van der Waals surface area (Å²) in [6.07, 6.45) is 0.808. The predicted octanol–water partition coefficient (Wildman–Crippen LogP) is 1.44. The zero-order valence-corrected chi connectivity index (χ0v) is 19.0. The molecular formula is C24H24ClN3O2S. The van der Waals surface area contributed by atoms with Crippen molar-refractivity contribution in [2.24, 2.45) is 0 Å². The summed E-state index contributed by atoms with van der Waals surface area (Å²) in [7, 11) is 4.06. The van der Waals surface area contributed by atoms with E-state index in [0.29, 0.717) is 13.0 Å². The van der Waals surface area contributed by atoms with Crippen LogP contribution < -0.4 is 27.2 Å². The molecule has 1 aliphatic heterocycles. The van der Waals surface area contributed by atoms with Gasteiger partial charge in [-0.1, -0.05) is 18.2 Å². The molecule has 0 saturated heterocycles. The Morgan fingerprint density at radius 2 is 1.84 bits per heavy atom. The second-order valence-electron chi connectivity index (χ2n) is 7.33. The molecule has 1 heterocycles. The summed E-state index contributed by atoms with van der Waals surface area (Å²) in [6, 6.07) is 22.9. The highest BCUT2D eigenvalue weighted by Gasteiger charge is 2.12. The molecule has 0 saturated carbocycles. The number of halogens is 1. The molecule has 0 fully saturated rings. The van der Waals surface area contributed by atoms with Gasteiger partial charge in [-0.05, 0) is 36.4 Å². The first kappa shape index (κ1) is 22.7. The van der Waals surface area contributed by atoms with Gasteiger partial charge in [0.25, 0.3) is 0 Å². The molecule has 160 valence electrons. The van der Waals surface area contributed by atoms with Crippen LogP contribution in [0.4, 0.5) is 11.4 Å². The van der Waals surface area contributed by atoms with Crippen molar-refractivity contribution in [2.45, 2.75) is 12.8 Å². The van der Waals surface area contributed by atoms with Gasteiger partial charge in [0.15, 0.2) is 0 Å². The van der Waals surface area contributed by atoms with Gasteiger partial charge in [-0.2, -0.15) is 0 Å². The Balaban J connectivity index is 0.00000272. The number of carbonyl (C=O) groups is 1. The van der Waals surface area contributed by atoms with Crippen molar-refractivity contribution < 1.29 is 22.3 Å². The summed E-state index contributed by atoms with van der Waals surface area (Å²) in [5.41, 5.74) is 4.22. The number of nitrogens with zero attached hydrogens (tertiary/aromatic N) is 3. The molecule has 2 aliphatic rings. The molecule has 0 unspecified atom stereocenters. The fourth-order valence-electron chi connectivity index (χ4n) is 3.45. The van der Waals surface area contributed by atoms with Crippen LogP contribution in [-0.4, -0.2) is 36.7 Å². The molecular weight excluding hydrogens is 430 g/mol. The van der Waals surface area contributed by atoms with Gasteiger partial charge in [0.05, 0.1) is 27.2 Å². The first-order chi connectivity index (χ1) is 14.5. The Labute approximate surface area is 191 Å². The molecule has 31 heavy (non-hydrogen) atoms. The van der Waals surface area contributed by atoms with Crippen molar-refractivity contribution in [1.82, 2.24) is 9.56 Å². The third-order valence-electron chi connectivity index (χ3n) is 5.20. The van der Waals surface area contributed by atoms with Crippen LogP contribution in [0.25, 0.3) is 20.8 Å². The number of para-hydroxylation sites is 1. The van der Waals surface area contributed by atoms with Gasteiger partial charge in [0, 0.05) is 37.0 Å². The Morgan fingerprint density at radius 1 is 1.06 bits per heavy atom. The molecule has 0 aromatic heterocycles. The van der Waals surface area contributed by atoms with Crippen molar-refractivity contribution in [2.75, 3.05) is 25.5 Å². The highest BCUT2D eigenvalue weighted by atomic mass is 35.5. The average molecular weight is 454 g/mol. The van der Waals surface area contributed by atoms with Crippen LogP contribution in [0, 0.1) is 0 Å². The molecule has 0 radical (unpaired) electrons. The number of carboxylic acids is 1. The van der Waals surface area contributed by atoms with E-state index < -0.39 is 5.97 Å². The molecule has 2 aromatic carbocycles. The van der Waals surface area contributed by atoms with Gasteiger partial charge in [-0.25, -0.2) is 9.56 Å². The maximum Gasteiger partial charge on any atom is 0.303 e. The highest BCUT2D eigenvalue weighted by molar-refractivity contribution is 7.21. The molecule has 1 N–H and O–H groups in total. The minimum atomic E-state index is -0.754. The monoisotopic (exact) mass is 453 g/mol. The van der Waals surface area contributed by atoms with Gasteiger partial charge >= 0.3 is 5.97 Å². The van der Waals surface area contributed by atoms with E-state index in [-0.39, 0.29) is 18.8 Å². The zero-order valence-electron chi connectivity index (χ0n) is 17.5. The molecule has 0 bridgehead atoms. The van der Waals surface area contributed by atoms with Gasteiger partial charge in [0.1, 0.15) is 13.6 Å². The summed E-state index contributed by atoms with van der Waals surface area (Å²) < 4.78 is 3.23. The summed E-state index contributed by atoms with van der Waals surface area (Å²) in [5, 5.41) is 9.92. The van der Waals surface area contributed by atoms with Gasteiger partial charge in [0.2, 0.25) is 5.36 Å². The quantitative estimate of drug-likeness (QED) is 0.354. The number of benzene rings is 3. The van der Waals surface area contributed by atoms with Crippen molar-refractivity contribution in [3.63, 3.8) is 0 Å². The maximum absolute atomic E-state index is 10.8. The van der Waals surface area contributed by atoms with Crippen LogP contribution in [0.1, 0.15) is 12.8 Å². The number of anilines is 2. The van der Waals surface area contributed by atoms with Crippen LogP contribution in [0.2, 0.25) is 0 Å². The number of hydrogen-bond acceptors (Lipinski definition) is 4. The lowest BCUT2D eigenvalue weighted by Crippen LogP contribution is -3.00. The lowest BCUT2D eigenvalue weighted by Gasteiger charge is -2.20. The third-order valence-corrected chi connectivity index (χ3v) is 6.30. The van der Waals surface area contributed by atoms with Crippen LogP contribution in [-0.2, 0) is 4.79 Å². The molecule has 5 nitrogen and oxygen atoms in total. The lowest BCUT2D eigenvalue weighted by atomic mass is 10.2. The normalized spacial score (nSPS) is 11.8. The lowest BCUT2D eigenvalue weighted by molar-refractivity contribution is -0.137. The Bertz CT molecular complexity index is 1240. The minimum absolute atomic E-state index is 0. The van der Waals surface area contributed by atoms with Crippen molar-refractivity contribution in [1.29, 1.82) is 0 Å². The fraction of sp³-hybridized carbons (Fsp3) is 0.208. The molecule has 0 amide bonds. The number of aliphatic carboxylic acids is 1. The van der Waals surface area contributed by atoms with E-state index in [1.807, 2.05) is 37.4 Å². The first-order valence-corrected chi connectivity index (χ1v) is 10.7. The molecule has 7 heteroatoms. The van der Waals surface area contributed by atoms with Gasteiger partial charge in [-0.15, -0.1) is 11.3 Å². The van der Waals surface area contributed by atoms with Gasteiger partial charge in [-0.3, -0.25) is 4.79 Å². The minimum Gasteiger partial charge on any atom is -1.00 e. The second kappa shape index (κ2) is 9.90. The maximum atomic E-state index is 10.8. The Hall–Kier alpha value is -2.96. The van der Waals surface area contributed by atoms with Crippen LogP contribution in [0.3, 0.4) is 0 Å². The van der Waals surface area contributed by atoms with Crippen LogP contribution >= 0.6 is 11.3 Å². The van der Waals surface area contributed by atoms with Crippen molar-refractivity contribution in [3.05, 3.63) is 72.1 Å². The highest BCUT2D eigenvalue weighted by Crippen LogP contribution is 2.33. The predicted molar refractivity (Wildman–Crippen MR) is 124 cm³/mol. The largest absolute Gasteiger partial charge is 1.00 e. The van der Waals surface area contributed by atoms with E-state index in [1.54, 1.807) is 11.3 Å². The smallest absolute Gasteiger partial charge is 0.303 e. The summed E-state index contributed by atoms with van der Waals surface area (Å²) >= 11 is 1.73. The second-order valence-corrected chi connectivity index (χ2v) is 8.42. The topological polar surface area (TPSA) is 56.4 Å². The standard InChI is InChI=1S/C24H23N3O2S.ClH/c1-26(14-6-9-24(28)29)18-10-12-20-22(15-18)30-23-16-19(11-13-21(23)25-20)27(2)17-7-4-3-5-8-17;/h3-5,7-8,10-13,15-16H,6,9,14H2,1-2H3;1H. The van der Waals surface area contributed by atoms with Crippen molar-refractivity contribution >= 4 is 38.9 Å².